The predicted octanol–water partition coefficient (Wildman–Crippen LogP) is 4.12. The highest BCUT2D eigenvalue weighted by molar-refractivity contribution is 5.94. The van der Waals surface area contributed by atoms with Crippen LogP contribution in [0.5, 0.6) is 0 Å². The van der Waals surface area contributed by atoms with E-state index in [1.165, 1.54) is 12.1 Å². The lowest BCUT2D eigenvalue weighted by Crippen LogP contribution is -2.46. The quantitative estimate of drug-likeness (QED) is 0.781. The number of halogens is 1. The maximum absolute atomic E-state index is 13.4. The molecule has 1 fully saturated rings. The second-order valence-electron chi connectivity index (χ2n) is 7.62. The number of piperidine rings is 1. The number of amides is 2. The van der Waals surface area contributed by atoms with Gasteiger partial charge in [0.05, 0.1) is 0 Å². The molecule has 1 heterocycles. The van der Waals surface area contributed by atoms with Gasteiger partial charge >= 0.3 is 0 Å². The number of carbonyl (C=O) groups is 2. The molecule has 2 amide bonds. The maximum atomic E-state index is 13.4. The molecular formula is C23H27FN2O2. The number of nitrogens with zero attached hydrogens (tertiary/aromatic N) is 2. The molecule has 148 valence electrons. The first-order valence-corrected chi connectivity index (χ1v) is 9.85. The Labute approximate surface area is 166 Å². The molecule has 4 nitrogen and oxygen atoms in total. The molecule has 2 aromatic rings. The summed E-state index contributed by atoms with van der Waals surface area (Å²) in [5, 5.41) is 0. The molecule has 0 unspecified atom stereocenters. The summed E-state index contributed by atoms with van der Waals surface area (Å²) in [5.41, 5.74) is 1.47. The minimum atomic E-state index is -0.413. The average molecular weight is 382 g/mol. The summed E-state index contributed by atoms with van der Waals surface area (Å²) in [4.78, 5) is 29.3. The van der Waals surface area contributed by atoms with Gasteiger partial charge in [0, 0.05) is 37.2 Å². The van der Waals surface area contributed by atoms with Crippen LogP contribution in [0.2, 0.25) is 0 Å². The van der Waals surface area contributed by atoms with E-state index in [9.17, 15) is 14.0 Å². The van der Waals surface area contributed by atoms with Crippen LogP contribution in [0.25, 0.3) is 0 Å². The summed E-state index contributed by atoms with van der Waals surface area (Å²) >= 11 is 0. The van der Waals surface area contributed by atoms with Crippen LogP contribution >= 0.6 is 0 Å². The third kappa shape index (κ3) is 4.77. The smallest absolute Gasteiger partial charge is 0.253 e. The highest BCUT2D eigenvalue weighted by Crippen LogP contribution is 2.23. The molecule has 0 radical (unpaired) electrons. The Morgan fingerprint density at radius 2 is 1.75 bits per heavy atom. The van der Waals surface area contributed by atoms with Crippen molar-refractivity contribution in [1.29, 1.82) is 0 Å². The third-order valence-electron chi connectivity index (χ3n) is 5.31. The fraction of sp³-hybridized carbons (Fsp3) is 0.391. The summed E-state index contributed by atoms with van der Waals surface area (Å²) in [6, 6.07) is 15.9. The molecule has 2 aromatic carbocycles. The van der Waals surface area contributed by atoms with Crippen LogP contribution in [0.3, 0.4) is 0 Å². The Balaban J connectivity index is 1.61. The molecule has 0 N–H and O–H groups in total. The van der Waals surface area contributed by atoms with Crippen molar-refractivity contribution in [2.45, 2.75) is 39.3 Å². The number of hydrogen-bond acceptors (Lipinski definition) is 2. The summed E-state index contributed by atoms with van der Waals surface area (Å²) < 4.78 is 13.4. The molecule has 1 saturated heterocycles. The highest BCUT2D eigenvalue weighted by atomic mass is 19.1. The minimum Gasteiger partial charge on any atom is -0.339 e. The lowest BCUT2D eigenvalue weighted by Gasteiger charge is -2.36. The predicted molar refractivity (Wildman–Crippen MR) is 107 cm³/mol. The third-order valence-corrected chi connectivity index (χ3v) is 5.31. The molecule has 0 spiro atoms. The van der Waals surface area contributed by atoms with E-state index in [1.54, 1.807) is 17.0 Å². The Morgan fingerprint density at radius 3 is 2.36 bits per heavy atom. The molecule has 3 rings (SSSR count). The van der Waals surface area contributed by atoms with Crippen molar-refractivity contribution in [3.63, 3.8) is 0 Å². The van der Waals surface area contributed by atoms with Gasteiger partial charge in [0.15, 0.2) is 0 Å². The fourth-order valence-electron chi connectivity index (χ4n) is 3.66. The van der Waals surface area contributed by atoms with E-state index < -0.39 is 5.82 Å². The standard InChI is InChI=1S/C23H27FN2O2/c1-17(2)26(16-18-7-4-3-5-8-18)23(28)19-11-13-25(14-12-19)22(27)20-9-6-10-21(24)15-20/h3-10,15,17,19H,11-14,16H2,1-2H3. The van der Waals surface area contributed by atoms with Gasteiger partial charge in [-0.05, 0) is 50.5 Å². The Bertz CT molecular complexity index is 814. The van der Waals surface area contributed by atoms with E-state index in [1.807, 2.05) is 49.1 Å². The van der Waals surface area contributed by atoms with E-state index >= 15 is 0 Å². The molecule has 0 bridgehead atoms. The van der Waals surface area contributed by atoms with Gasteiger partial charge in [0.2, 0.25) is 5.91 Å². The number of rotatable bonds is 5. The van der Waals surface area contributed by atoms with Gasteiger partial charge in [0.25, 0.3) is 5.91 Å². The second-order valence-corrected chi connectivity index (χ2v) is 7.62. The van der Waals surface area contributed by atoms with E-state index in [-0.39, 0.29) is 23.8 Å². The van der Waals surface area contributed by atoms with E-state index in [0.717, 1.165) is 5.56 Å². The first-order valence-electron chi connectivity index (χ1n) is 9.85. The first-order chi connectivity index (χ1) is 13.5. The molecule has 0 aromatic heterocycles. The molecule has 1 aliphatic heterocycles. The molecule has 1 aliphatic rings. The van der Waals surface area contributed by atoms with Crippen molar-refractivity contribution >= 4 is 11.8 Å². The number of benzene rings is 2. The van der Waals surface area contributed by atoms with E-state index in [4.69, 9.17) is 0 Å². The first kappa shape index (κ1) is 20.1. The van der Waals surface area contributed by atoms with Crippen LogP contribution in [0, 0.1) is 11.7 Å². The van der Waals surface area contributed by atoms with Crippen molar-refractivity contribution < 1.29 is 14.0 Å². The second kappa shape index (κ2) is 9.00. The van der Waals surface area contributed by atoms with E-state index in [2.05, 4.69) is 0 Å². The van der Waals surface area contributed by atoms with Gasteiger partial charge in [-0.25, -0.2) is 4.39 Å². The zero-order chi connectivity index (χ0) is 20.1. The Morgan fingerprint density at radius 1 is 1.07 bits per heavy atom. The molecule has 0 saturated carbocycles. The summed E-state index contributed by atoms with van der Waals surface area (Å²) in [6.07, 6.45) is 1.27. The van der Waals surface area contributed by atoms with Crippen LogP contribution in [-0.2, 0) is 11.3 Å². The molecule has 0 atom stereocenters. The molecule has 5 heteroatoms. The van der Waals surface area contributed by atoms with Crippen LogP contribution in [-0.4, -0.2) is 40.7 Å². The van der Waals surface area contributed by atoms with Crippen LogP contribution in [0.15, 0.2) is 54.6 Å². The SMILES string of the molecule is CC(C)N(Cc1ccccc1)C(=O)C1CCN(C(=O)c2cccc(F)c2)CC1. The zero-order valence-corrected chi connectivity index (χ0v) is 16.5. The Hall–Kier alpha value is -2.69. The van der Waals surface area contributed by atoms with Crippen molar-refractivity contribution in [2.75, 3.05) is 13.1 Å². The number of carbonyl (C=O) groups excluding carboxylic acids is 2. The lowest BCUT2D eigenvalue weighted by molar-refractivity contribution is -0.139. The van der Waals surface area contributed by atoms with Crippen molar-refractivity contribution in [3.05, 3.63) is 71.5 Å². The summed E-state index contributed by atoms with van der Waals surface area (Å²) in [7, 11) is 0. The number of hydrogen-bond donors (Lipinski definition) is 0. The normalized spacial score (nSPS) is 14.9. The molecule has 28 heavy (non-hydrogen) atoms. The van der Waals surface area contributed by atoms with Crippen LogP contribution in [0.1, 0.15) is 42.6 Å². The topological polar surface area (TPSA) is 40.6 Å². The van der Waals surface area contributed by atoms with Gasteiger partial charge in [-0.1, -0.05) is 36.4 Å². The summed E-state index contributed by atoms with van der Waals surface area (Å²) in [6.45, 7) is 5.69. The van der Waals surface area contributed by atoms with Gasteiger partial charge < -0.3 is 9.80 Å². The fourth-order valence-corrected chi connectivity index (χ4v) is 3.66. The monoisotopic (exact) mass is 382 g/mol. The zero-order valence-electron chi connectivity index (χ0n) is 16.5. The molecular weight excluding hydrogens is 355 g/mol. The van der Waals surface area contributed by atoms with E-state index in [0.29, 0.717) is 38.0 Å². The largest absolute Gasteiger partial charge is 0.339 e. The Kier molecular flexibility index (Phi) is 6.45. The average Bonchev–Trinajstić information content (AvgIpc) is 2.71. The van der Waals surface area contributed by atoms with Crippen LogP contribution in [0.4, 0.5) is 4.39 Å². The van der Waals surface area contributed by atoms with Gasteiger partial charge in [0.1, 0.15) is 5.82 Å². The lowest BCUT2D eigenvalue weighted by atomic mass is 9.94. The minimum absolute atomic E-state index is 0.0809. The van der Waals surface area contributed by atoms with Crippen LogP contribution < -0.4 is 0 Å². The highest BCUT2D eigenvalue weighted by Gasteiger charge is 2.31. The van der Waals surface area contributed by atoms with Gasteiger partial charge in [-0.15, -0.1) is 0 Å². The number of likely N-dealkylation sites (tertiary alicyclic amines) is 1. The van der Waals surface area contributed by atoms with Crippen molar-refractivity contribution in [2.24, 2.45) is 5.92 Å². The van der Waals surface area contributed by atoms with Crippen molar-refractivity contribution in [1.82, 2.24) is 9.80 Å². The van der Waals surface area contributed by atoms with Gasteiger partial charge in [-0.2, -0.15) is 0 Å². The molecule has 0 aliphatic carbocycles. The maximum Gasteiger partial charge on any atom is 0.253 e. The summed E-state index contributed by atoms with van der Waals surface area (Å²) in [5.74, 6) is -0.515. The van der Waals surface area contributed by atoms with Gasteiger partial charge in [-0.3, -0.25) is 9.59 Å². The van der Waals surface area contributed by atoms with Crippen molar-refractivity contribution in [3.8, 4) is 0 Å².